The Morgan fingerprint density at radius 1 is 0.690 bits per heavy atom. The second kappa shape index (κ2) is 14.4. The van der Waals surface area contributed by atoms with E-state index in [0.717, 1.165) is 0 Å². The smallest absolute Gasteiger partial charge is 0.335 e. The van der Waals surface area contributed by atoms with E-state index in [-0.39, 0.29) is 16.7 Å². The minimum Gasteiger partial charge on any atom is -0.478 e. The number of hydrogen-bond acceptors (Lipinski definition) is 2. The van der Waals surface area contributed by atoms with Crippen LogP contribution < -0.4 is 0 Å². The Morgan fingerprint density at radius 2 is 1.17 bits per heavy atom. The number of carbonyl (C=O) groups is 2. The highest BCUT2D eigenvalue weighted by molar-refractivity contribution is 5.96. The summed E-state index contributed by atoms with van der Waals surface area (Å²) in [5.41, 5.74) is 1.83. The van der Waals surface area contributed by atoms with Gasteiger partial charge in [0.1, 0.15) is 0 Å². The second-order valence-electron chi connectivity index (χ2n) is 7.30. The van der Waals surface area contributed by atoms with E-state index in [4.69, 9.17) is 10.2 Å². The van der Waals surface area contributed by atoms with Gasteiger partial charge in [-0.05, 0) is 43.0 Å². The first kappa shape index (κ1) is 24.4. The second-order valence-corrected chi connectivity index (χ2v) is 7.30. The summed E-state index contributed by atoms with van der Waals surface area (Å²) in [6.45, 7) is 3.76. The van der Waals surface area contributed by atoms with Crippen LogP contribution in [-0.4, -0.2) is 22.2 Å². The fourth-order valence-corrected chi connectivity index (χ4v) is 3.21. The van der Waals surface area contributed by atoms with E-state index in [2.05, 4.69) is 37.3 Å². The maximum atomic E-state index is 10.6. The number of carboxylic acid groups (broad SMARTS) is 2. The summed E-state index contributed by atoms with van der Waals surface area (Å²) in [6.07, 6.45) is 12.5. The van der Waals surface area contributed by atoms with Crippen molar-refractivity contribution in [2.24, 2.45) is 0 Å². The Balaban J connectivity index is 0.000000296. The van der Waals surface area contributed by atoms with Crippen LogP contribution in [0.5, 0.6) is 0 Å². The molecule has 2 N–H and O–H groups in total. The number of hydrogen-bond donors (Lipinski definition) is 2. The SMILES string of the molecule is CCCCCCCCCCc1ccccc1.Cc1c(C(=O)O)cccc1C(=O)O. The quantitative estimate of drug-likeness (QED) is 0.410. The minimum absolute atomic E-state index is 0.0277. The van der Waals surface area contributed by atoms with E-state index in [0.29, 0.717) is 0 Å². The Morgan fingerprint density at radius 3 is 1.66 bits per heavy atom. The molecule has 0 aliphatic rings. The summed E-state index contributed by atoms with van der Waals surface area (Å²) < 4.78 is 0. The Labute approximate surface area is 174 Å². The molecule has 0 fully saturated rings. The Bertz CT molecular complexity index is 705. The van der Waals surface area contributed by atoms with E-state index in [1.165, 1.54) is 88.5 Å². The molecule has 0 aliphatic carbocycles. The molecule has 158 valence electrons. The maximum Gasteiger partial charge on any atom is 0.335 e. The molecule has 0 amide bonds. The van der Waals surface area contributed by atoms with Gasteiger partial charge in [-0.1, -0.05) is 88.3 Å². The van der Waals surface area contributed by atoms with Crippen LogP contribution in [0.1, 0.15) is 90.1 Å². The van der Waals surface area contributed by atoms with Crippen molar-refractivity contribution in [3.05, 3.63) is 70.8 Å². The number of rotatable bonds is 11. The highest BCUT2D eigenvalue weighted by atomic mass is 16.4. The van der Waals surface area contributed by atoms with Crippen LogP contribution in [0.4, 0.5) is 0 Å². The van der Waals surface area contributed by atoms with E-state index in [1.54, 1.807) is 0 Å². The number of unbranched alkanes of at least 4 members (excludes halogenated alkanes) is 7. The topological polar surface area (TPSA) is 74.6 Å². The largest absolute Gasteiger partial charge is 0.478 e. The Kier molecular flexibility index (Phi) is 12.1. The summed E-state index contributed by atoms with van der Waals surface area (Å²) in [5.74, 6) is -2.22. The van der Waals surface area contributed by atoms with Gasteiger partial charge in [0.05, 0.1) is 11.1 Å². The van der Waals surface area contributed by atoms with Crippen LogP contribution in [0.3, 0.4) is 0 Å². The van der Waals surface area contributed by atoms with Gasteiger partial charge >= 0.3 is 11.9 Å². The normalized spacial score (nSPS) is 10.1. The van der Waals surface area contributed by atoms with Crippen molar-refractivity contribution in [2.45, 2.75) is 71.6 Å². The average Bonchev–Trinajstić information content (AvgIpc) is 2.71. The van der Waals surface area contributed by atoms with Crippen LogP contribution in [0.15, 0.2) is 48.5 Å². The van der Waals surface area contributed by atoms with Crippen molar-refractivity contribution in [1.29, 1.82) is 0 Å². The third kappa shape index (κ3) is 9.93. The lowest BCUT2D eigenvalue weighted by atomic mass is 10.0. The molecule has 4 heteroatoms. The van der Waals surface area contributed by atoms with Crippen molar-refractivity contribution < 1.29 is 19.8 Å². The highest BCUT2D eigenvalue weighted by Gasteiger charge is 2.13. The van der Waals surface area contributed by atoms with Crippen molar-refractivity contribution >= 4 is 11.9 Å². The molecule has 0 bridgehead atoms. The van der Waals surface area contributed by atoms with E-state index in [9.17, 15) is 9.59 Å². The lowest BCUT2D eigenvalue weighted by Gasteiger charge is -2.03. The van der Waals surface area contributed by atoms with E-state index >= 15 is 0 Å². The summed E-state index contributed by atoms with van der Waals surface area (Å²) in [4.78, 5) is 21.2. The fourth-order valence-electron chi connectivity index (χ4n) is 3.21. The van der Waals surface area contributed by atoms with Crippen molar-refractivity contribution in [3.8, 4) is 0 Å². The number of benzene rings is 2. The monoisotopic (exact) mass is 398 g/mol. The van der Waals surface area contributed by atoms with Crippen LogP contribution in [0, 0.1) is 6.92 Å². The van der Waals surface area contributed by atoms with Gasteiger partial charge in [-0.3, -0.25) is 0 Å². The predicted octanol–water partition coefficient (Wildman–Crippen LogP) is 6.76. The van der Waals surface area contributed by atoms with Gasteiger partial charge in [0, 0.05) is 0 Å². The molecular weight excluding hydrogens is 364 g/mol. The summed E-state index contributed by atoms with van der Waals surface area (Å²) in [6, 6.07) is 15.0. The molecule has 0 aromatic heterocycles. The molecule has 0 saturated heterocycles. The molecule has 0 aliphatic heterocycles. The van der Waals surface area contributed by atoms with Crippen LogP contribution in [0.25, 0.3) is 0 Å². The lowest BCUT2D eigenvalue weighted by Crippen LogP contribution is -2.06. The lowest BCUT2D eigenvalue weighted by molar-refractivity contribution is 0.0696. The van der Waals surface area contributed by atoms with Crippen LogP contribution >= 0.6 is 0 Å². The number of carboxylic acids is 2. The molecular formula is C25H34O4. The molecule has 0 atom stereocenters. The van der Waals surface area contributed by atoms with E-state index < -0.39 is 11.9 Å². The zero-order chi connectivity index (χ0) is 21.5. The van der Waals surface area contributed by atoms with Crippen LogP contribution in [-0.2, 0) is 6.42 Å². The number of aryl methyl sites for hydroxylation is 1. The Hall–Kier alpha value is -2.62. The third-order valence-electron chi connectivity index (χ3n) is 4.96. The minimum atomic E-state index is -1.11. The molecule has 2 aromatic rings. The zero-order valence-corrected chi connectivity index (χ0v) is 17.7. The molecule has 4 nitrogen and oxygen atoms in total. The summed E-state index contributed by atoms with van der Waals surface area (Å²) in [5, 5.41) is 17.4. The third-order valence-corrected chi connectivity index (χ3v) is 4.96. The highest BCUT2D eigenvalue weighted by Crippen LogP contribution is 2.13. The van der Waals surface area contributed by atoms with Gasteiger partial charge in [0.15, 0.2) is 0 Å². The van der Waals surface area contributed by atoms with Crippen molar-refractivity contribution in [2.75, 3.05) is 0 Å². The predicted molar refractivity (Wildman–Crippen MR) is 118 cm³/mol. The van der Waals surface area contributed by atoms with Crippen molar-refractivity contribution in [3.63, 3.8) is 0 Å². The molecule has 0 unspecified atom stereocenters. The molecule has 0 heterocycles. The first-order valence-electron chi connectivity index (χ1n) is 10.6. The standard InChI is InChI=1S/C16H26.C9H8O4/c1-2-3-4-5-6-7-8-10-13-16-14-11-9-12-15-16;1-5-6(8(10)11)3-2-4-7(5)9(12)13/h9,11-12,14-15H,2-8,10,13H2,1H3;2-4H,1H3,(H,10,11)(H,12,13). The molecule has 0 saturated carbocycles. The molecule has 2 rings (SSSR count). The van der Waals surface area contributed by atoms with Gasteiger partial charge in [-0.25, -0.2) is 9.59 Å². The number of aromatic carboxylic acids is 2. The molecule has 2 aromatic carbocycles. The van der Waals surface area contributed by atoms with Gasteiger partial charge in [-0.15, -0.1) is 0 Å². The maximum absolute atomic E-state index is 10.6. The molecule has 0 spiro atoms. The van der Waals surface area contributed by atoms with Gasteiger partial charge in [0.25, 0.3) is 0 Å². The zero-order valence-electron chi connectivity index (χ0n) is 17.7. The summed E-state index contributed by atoms with van der Waals surface area (Å²) in [7, 11) is 0. The molecule has 29 heavy (non-hydrogen) atoms. The van der Waals surface area contributed by atoms with E-state index in [1.807, 2.05) is 0 Å². The van der Waals surface area contributed by atoms with Gasteiger partial charge in [0.2, 0.25) is 0 Å². The fraction of sp³-hybridized carbons (Fsp3) is 0.440. The van der Waals surface area contributed by atoms with Gasteiger partial charge in [-0.2, -0.15) is 0 Å². The molecule has 0 radical (unpaired) electrons. The van der Waals surface area contributed by atoms with Crippen LogP contribution in [0.2, 0.25) is 0 Å². The average molecular weight is 399 g/mol. The first-order chi connectivity index (χ1) is 14.0. The van der Waals surface area contributed by atoms with Gasteiger partial charge < -0.3 is 10.2 Å². The van der Waals surface area contributed by atoms with Crippen molar-refractivity contribution in [1.82, 2.24) is 0 Å². The first-order valence-corrected chi connectivity index (χ1v) is 10.6. The summed E-state index contributed by atoms with van der Waals surface area (Å²) >= 11 is 0.